The number of hydrazine groups is 1. The number of aromatic nitrogens is 1. The number of nitrogens with zero attached hydrogens (tertiary/aromatic N) is 1. The topological polar surface area (TPSA) is 94.0 Å². The number of nitrogens with one attached hydrogen (secondary N) is 1. The largest absolute Gasteiger partial charge is 0.323 e. The van der Waals surface area contributed by atoms with Gasteiger partial charge < -0.3 is 5.73 Å². The van der Waals surface area contributed by atoms with E-state index in [0.29, 0.717) is 5.56 Å². The molecule has 0 aliphatic carbocycles. The number of hydrogen-bond acceptors (Lipinski definition) is 4. The van der Waals surface area contributed by atoms with Gasteiger partial charge in [0.05, 0.1) is 11.3 Å². The summed E-state index contributed by atoms with van der Waals surface area (Å²) in [4.78, 5) is 15.0. The Hall–Kier alpha value is -1.46. The molecule has 1 aromatic rings. The van der Waals surface area contributed by atoms with Gasteiger partial charge >= 0.3 is 0 Å². The van der Waals surface area contributed by atoms with Gasteiger partial charge in [0.15, 0.2) is 0 Å². The number of carbonyl (C=O) groups is 1. The normalized spacial score (nSPS) is 12.2. The molecule has 1 aromatic heterocycles. The highest BCUT2D eigenvalue weighted by atomic mass is 16.2. The molecule has 5 heteroatoms. The molecule has 1 unspecified atom stereocenters. The van der Waals surface area contributed by atoms with Crippen molar-refractivity contribution in [3.63, 3.8) is 0 Å². The summed E-state index contributed by atoms with van der Waals surface area (Å²) in [7, 11) is 0. The Balaban J connectivity index is 2.87. The van der Waals surface area contributed by atoms with Gasteiger partial charge in [0, 0.05) is 12.2 Å². The van der Waals surface area contributed by atoms with Crippen molar-refractivity contribution in [3.05, 3.63) is 29.6 Å². The third-order valence-corrected chi connectivity index (χ3v) is 1.65. The van der Waals surface area contributed by atoms with E-state index < -0.39 is 0 Å². The fourth-order valence-electron chi connectivity index (χ4n) is 0.892. The number of nitrogens with two attached hydrogens (primary N) is 2. The number of pyridine rings is 1. The monoisotopic (exact) mass is 180 g/mol. The van der Waals surface area contributed by atoms with Crippen LogP contribution in [0.2, 0.25) is 0 Å². The standard InChI is InChI=1S/C8H12N4O/c1-5(9)7-3-2-6(4-11-7)8(13)12-10/h2-5H,9-10H2,1H3,(H,12,13). The minimum atomic E-state index is -0.358. The maximum Gasteiger partial charge on any atom is 0.266 e. The van der Waals surface area contributed by atoms with E-state index in [1.165, 1.54) is 6.20 Å². The molecule has 0 aliphatic heterocycles. The van der Waals surface area contributed by atoms with E-state index in [1.54, 1.807) is 12.1 Å². The maximum absolute atomic E-state index is 11.0. The zero-order valence-electron chi connectivity index (χ0n) is 7.32. The lowest BCUT2D eigenvalue weighted by Crippen LogP contribution is -2.30. The fraction of sp³-hybridized carbons (Fsp3) is 0.250. The van der Waals surface area contributed by atoms with Crippen LogP contribution in [0.5, 0.6) is 0 Å². The SMILES string of the molecule is CC(N)c1ccc(C(=O)NN)cn1. The Kier molecular flexibility index (Phi) is 2.94. The quantitative estimate of drug-likeness (QED) is 0.331. The van der Waals surface area contributed by atoms with Gasteiger partial charge in [-0.25, -0.2) is 5.84 Å². The first-order valence-electron chi connectivity index (χ1n) is 3.87. The average molecular weight is 180 g/mol. The molecule has 0 spiro atoms. The predicted molar refractivity (Wildman–Crippen MR) is 48.5 cm³/mol. The molecule has 0 aromatic carbocycles. The van der Waals surface area contributed by atoms with Crippen LogP contribution < -0.4 is 17.0 Å². The minimum Gasteiger partial charge on any atom is -0.323 e. The van der Waals surface area contributed by atoms with Gasteiger partial charge in [0.2, 0.25) is 0 Å². The lowest BCUT2D eigenvalue weighted by Gasteiger charge is -2.04. The molecule has 0 bridgehead atoms. The van der Waals surface area contributed by atoms with Crippen LogP contribution >= 0.6 is 0 Å². The van der Waals surface area contributed by atoms with E-state index in [0.717, 1.165) is 5.69 Å². The van der Waals surface area contributed by atoms with E-state index >= 15 is 0 Å². The molecule has 5 N–H and O–H groups in total. The molecule has 1 heterocycles. The summed E-state index contributed by atoms with van der Waals surface area (Å²) in [6.45, 7) is 1.82. The number of nitrogen functional groups attached to an aromatic ring is 1. The summed E-state index contributed by atoms with van der Waals surface area (Å²) in [5.41, 5.74) is 8.77. The number of amides is 1. The zero-order chi connectivity index (χ0) is 9.84. The second-order valence-electron chi connectivity index (χ2n) is 2.73. The molecule has 0 fully saturated rings. The number of hydrogen-bond donors (Lipinski definition) is 3. The van der Waals surface area contributed by atoms with Gasteiger partial charge in [-0.3, -0.25) is 15.2 Å². The Morgan fingerprint density at radius 2 is 2.31 bits per heavy atom. The van der Waals surface area contributed by atoms with Gasteiger partial charge in [-0.15, -0.1) is 0 Å². The zero-order valence-corrected chi connectivity index (χ0v) is 7.32. The number of rotatable bonds is 2. The Morgan fingerprint density at radius 3 is 2.69 bits per heavy atom. The molecule has 1 amide bonds. The summed E-state index contributed by atoms with van der Waals surface area (Å²) >= 11 is 0. The Labute approximate surface area is 76.1 Å². The Morgan fingerprint density at radius 1 is 1.62 bits per heavy atom. The molecular formula is C8H12N4O. The molecule has 0 radical (unpaired) electrons. The van der Waals surface area contributed by atoms with Crippen molar-refractivity contribution < 1.29 is 4.79 Å². The molecular weight excluding hydrogens is 168 g/mol. The number of carbonyl (C=O) groups excluding carboxylic acids is 1. The highest BCUT2D eigenvalue weighted by molar-refractivity contribution is 5.93. The van der Waals surface area contributed by atoms with Crippen molar-refractivity contribution in [2.24, 2.45) is 11.6 Å². The second kappa shape index (κ2) is 3.97. The van der Waals surface area contributed by atoms with Crippen LogP contribution in [0.15, 0.2) is 18.3 Å². The highest BCUT2D eigenvalue weighted by Gasteiger charge is 2.05. The van der Waals surface area contributed by atoms with Gasteiger partial charge in [0.25, 0.3) is 5.91 Å². The summed E-state index contributed by atoms with van der Waals surface area (Å²) in [5.74, 6) is 4.59. The maximum atomic E-state index is 11.0. The highest BCUT2D eigenvalue weighted by Crippen LogP contribution is 2.06. The predicted octanol–water partition coefficient (Wildman–Crippen LogP) is -0.295. The lowest BCUT2D eigenvalue weighted by atomic mass is 10.2. The lowest BCUT2D eigenvalue weighted by molar-refractivity contribution is 0.0953. The molecule has 1 atom stereocenters. The van der Waals surface area contributed by atoms with Gasteiger partial charge in [-0.2, -0.15) is 0 Å². The van der Waals surface area contributed by atoms with E-state index in [9.17, 15) is 4.79 Å². The minimum absolute atomic E-state index is 0.130. The third kappa shape index (κ3) is 2.24. The van der Waals surface area contributed by atoms with Crippen LogP contribution in [0, 0.1) is 0 Å². The first kappa shape index (κ1) is 9.63. The molecule has 13 heavy (non-hydrogen) atoms. The molecule has 0 saturated carbocycles. The summed E-state index contributed by atoms with van der Waals surface area (Å²) in [5, 5.41) is 0. The summed E-state index contributed by atoms with van der Waals surface area (Å²) in [6.07, 6.45) is 1.45. The van der Waals surface area contributed by atoms with Crippen molar-refractivity contribution in [1.29, 1.82) is 0 Å². The van der Waals surface area contributed by atoms with Crippen LogP contribution in [0.4, 0.5) is 0 Å². The van der Waals surface area contributed by atoms with Crippen molar-refractivity contribution in [2.75, 3.05) is 0 Å². The molecule has 1 rings (SSSR count). The van der Waals surface area contributed by atoms with Crippen molar-refractivity contribution in [2.45, 2.75) is 13.0 Å². The average Bonchev–Trinajstić information content (AvgIpc) is 2.17. The first-order chi connectivity index (χ1) is 6.15. The van der Waals surface area contributed by atoms with E-state index in [2.05, 4.69) is 4.98 Å². The van der Waals surface area contributed by atoms with Crippen LogP contribution in [-0.4, -0.2) is 10.9 Å². The molecule has 0 saturated heterocycles. The van der Waals surface area contributed by atoms with Crippen LogP contribution in [0.25, 0.3) is 0 Å². The van der Waals surface area contributed by atoms with E-state index in [4.69, 9.17) is 11.6 Å². The van der Waals surface area contributed by atoms with Crippen LogP contribution in [0.3, 0.4) is 0 Å². The van der Waals surface area contributed by atoms with E-state index in [-0.39, 0.29) is 11.9 Å². The van der Waals surface area contributed by atoms with E-state index in [1.807, 2.05) is 12.3 Å². The molecule has 0 aliphatic rings. The fourth-order valence-corrected chi connectivity index (χ4v) is 0.892. The van der Waals surface area contributed by atoms with Gasteiger partial charge in [-0.05, 0) is 19.1 Å². The van der Waals surface area contributed by atoms with Crippen LogP contribution in [0.1, 0.15) is 29.0 Å². The summed E-state index contributed by atoms with van der Waals surface area (Å²) in [6, 6.07) is 3.21. The van der Waals surface area contributed by atoms with Crippen molar-refractivity contribution in [3.8, 4) is 0 Å². The van der Waals surface area contributed by atoms with Gasteiger partial charge in [-0.1, -0.05) is 0 Å². The second-order valence-corrected chi connectivity index (χ2v) is 2.73. The molecule has 70 valence electrons. The van der Waals surface area contributed by atoms with Crippen molar-refractivity contribution in [1.82, 2.24) is 10.4 Å². The third-order valence-electron chi connectivity index (χ3n) is 1.65. The first-order valence-corrected chi connectivity index (χ1v) is 3.87. The van der Waals surface area contributed by atoms with Crippen molar-refractivity contribution >= 4 is 5.91 Å². The summed E-state index contributed by atoms with van der Waals surface area (Å²) < 4.78 is 0. The van der Waals surface area contributed by atoms with Crippen LogP contribution in [-0.2, 0) is 0 Å². The van der Waals surface area contributed by atoms with Gasteiger partial charge in [0.1, 0.15) is 0 Å². The Bertz CT molecular complexity index is 294. The molecule has 5 nitrogen and oxygen atoms in total. The smallest absolute Gasteiger partial charge is 0.266 e.